The van der Waals surface area contributed by atoms with Gasteiger partial charge in [0.1, 0.15) is 11.6 Å². The minimum Gasteiger partial charge on any atom is -0.467 e. The second kappa shape index (κ2) is 9.06. The summed E-state index contributed by atoms with van der Waals surface area (Å²) in [7, 11) is 1.51. The van der Waals surface area contributed by atoms with Gasteiger partial charge in [-0.05, 0) is 43.0 Å². The zero-order chi connectivity index (χ0) is 23.7. The Labute approximate surface area is 196 Å². The standard InChI is InChI=1S/C24H25N7O3/c1-14-8-18(12-26-22(14)31-6-7-34-15(2)13-31)29-21-20-16(4-5-25-23(20)32)9-19(30-21)17-10-27-24(33-3)28-11-17/h4-5,8-12,15H,6-7,13H2,1-3H3,(H,25,32)(H,29,30)/t15-/m1/s1. The van der Waals surface area contributed by atoms with Gasteiger partial charge < -0.3 is 24.7 Å². The minimum absolute atomic E-state index is 0.166. The molecular weight excluding hydrogens is 434 g/mol. The number of nitrogens with one attached hydrogen (secondary N) is 2. The van der Waals surface area contributed by atoms with E-state index in [9.17, 15) is 4.79 Å². The minimum atomic E-state index is -0.228. The predicted molar refractivity (Wildman–Crippen MR) is 130 cm³/mol. The zero-order valence-corrected chi connectivity index (χ0v) is 19.2. The van der Waals surface area contributed by atoms with Crippen molar-refractivity contribution in [3.05, 3.63) is 58.9 Å². The van der Waals surface area contributed by atoms with E-state index >= 15 is 0 Å². The van der Waals surface area contributed by atoms with Gasteiger partial charge in [-0.25, -0.2) is 19.9 Å². The lowest BCUT2D eigenvalue weighted by Crippen LogP contribution is -2.41. The Bertz CT molecular complexity index is 1390. The quantitative estimate of drug-likeness (QED) is 0.464. The molecule has 4 aromatic rings. The van der Waals surface area contributed by atoms with E-state index in [0.29, 0.717) is 29.1 Å². The van der Waals surface area contributed by atoms with Crippen LogP contribution in [0.2, 0.25) is 0 Å². The number of hydrogen-bond acceptors (Lipinski definition) is 9. The monoisotopic (exact) mass is 459 g/mol. The maximum absolute atomic E-state index is 12.7. The third-order valence-electron chi connectivity index (χ3n) is 5.71. The molecule has 1 aliphatic heterocycles. The Balaban J connectivity index is 1.52. The fraction of sp³-hybridized carbons (Fsp3) is 0.292. The number of anilines is 3. The van der Waals surface area contributed by atoms with Gasteiger partial charge in [0.25, 0.3) is 5.56 Å². The highest BCUT2D eigenvalue weighted by molar-refractivity contribution is 5.95. The van der Waals surface area contributed by atoms with Crippen molar-refractivity contribution in [2.75, 3.05) is 37.0 Å². The number of aromatic amines is 1. The van der Waals surface area contributed by atoms with Crippen molar-refractivity contribution >= 4 is 28.1 Å². The van der Waals surface area contributed by atoms with E-state index in [-0.39, 0.29) is 17.7 Å². The van der Waals surface area contributed by atoms with Crippen molar-refractivity contribution in [2.24, 2.45) is 0 Å². The maximum atomic E-state index is 12.7. The van der Waals surface area contributed by atoms with Crippen LogP contribution in [0.3, 0.4) is 0 Å². The molecule has 0 aliphatic carbocycles. The fourth-order valence-corrected chi connectivity index (χ4v) is 4.12. The van der Waals surface area contributed by atoms with Crippen LogP contribution >= 0.6 is 0 Å². The number of morpholine rings is 1. The normalized spacial score (nSPS) is 16.0. The first-order valence-corrected chi connectivity index (χ1v) is 11.0. The second-order valence-corrected chi connectivity index (χ2v) is 8.20. The summed E-state index contributed by atoms with van der Waals surface area (Å²) in [5, 5.41) is 4.51. The van der Waals surface area contributed by atoms with E-state index in [1.165, 1.54) is 7.11 Å². The number of aryl methyl sites for hydroxylation is 1. The van der Waals surface area contributed by atoms with Crippen LogP contribution in [0.5, 0.6) is 6.01 Å². The van der Waals surface area contributed by atoms with Gasteiger partial charge in [0, 0.05) is 37.2 Å². The van der Waals surface area contributed by atoms with Crippen LogP contribution in [0.25, 0.3) is 22.0 Å². The van der Waals surface area contributed by atoms with Gasteiger partial charge in [-0.3, -0.25) is 4.79 Å². The molecule has 0 bridgehead atoms. The van der Waals surface area contributed by atoms with E-state index in [1.54, 1.807) is 24.8 Å². The molecule has 1 aliphatic rings. The van der Waals surface area contributed by atoms with Crippen molar-refractivity contribution < 1.29 is 9.47 Å². The van der Waals surface area contributed by atoms with E-state index < -0.39 is 0 Å². The molecule has 2 N–H and O–H groups in total. The SMILES string of the molecule is COc1ncc(-c2cc3cc[nH]c(=O)c3c(Nc3cnc(N4CCO[C@H](C)C4)c(C)c3)n2)cn1. The van der Waals surface area contributed by atoms with Crippen molar-refractivity contribution in [1.82, 2.24) is 24.9 Å². The average molecular weight is 460 g/mol. The lowest BCUT2D eigenvalue weighted by Gasteiger charge is -2.33. The Kier molecular flexibility index (Phi) is 5.81. The molecule has 10 nitrogen and oxygen atoms in total. The van der Waals surface area contributed by atoms with Crippen molar-refractivity contribution in [3.8, 4) is 17.3 Å². The van der Waals surface area contributed by atoms with Crippen LogP contribution in [0.15, 0.2) is 47.8 Å². The molecule has 174 valence electrons. The molecule has 0 amide bonds. The van der Waals surface area contributed by atoms with Crippen molar-refractivity contribution in [1.29, 1.82) is 0 Å². The highest BCUT2D eigenvalue weighted by Gasteiger charge is 2.20. The Morgan fingerprint density at radius 3 is 2.76 bits per heavy atom. The first kappa shape index (κ1) is 21.8. The number of nitrogens with zero attached hydrogens (tertiary/aromatic N) is 5. The van der Waals surface area contributed by atoms with Gasteiger partial charge in [0.2, 0.25) is 0 Å². The van der Waals surface area contributed by atoms with Gasteiger partial charge >= 0.3 is 6.01 Å². The van der Waals surface area contributed by atoms with Gasteiger partial charge in [0.15, 0.2) is 0 Å². The number of pyridine rings is 3. The Hall–Kier alpha value is -4.05. The summed E-state index contributed by atoms with van der Waals surface area (Å²) >= 11 is 0. The summed E-state index contributed by atoms with van der Waals surface area (Å²) in [6, 6.07) is 5.96. The number of fused-ring (bicyclic) bond motifs is 1. The molecular formula is C24H25N7O3. The van der Waals surface area contributed by atoms with Crippen LogP contribution in [-0.4, -0.2) is 57.8 Å². The Morgan fingerprint density at radius 2 is 2.03 bits per heavy atom. The molecule has 10 heteroatoms. The molecule has 5 heterocycles. The second-order valence-electron chi connectivity index (χ2n) is 8.20. The first-order valence-electron chi connectivity index (χ1n) is 11.0. The highest BCUT2D eigenvalue weighted by atomic mass is 16.5. The molecule has 5 rings (SSSR count). The lowest BCUT2D eigenvalue weighted by atomic mass is 10.1. The molecule has 0 saturated carbocycles. The van der Waals surface area contributed by atoms with Crippen LogP contribution in [0.1, 0.15) is 12.5 Å². The number of H-pyrrole nitrogens is 1. The third kappa shape index (κ3) is 4.27. The average Bonchev–Trinajstić information content (AvgIpc) is 2.84. The van der Waals surface area contributed by atoms with Gasteiger partial charge in [0.05, 0.1) is 42.8 Å². The number of methoxy groups -OCH3 is 1. The number of aromatic nitrogens is 5. The molecule has 0 spiro atoms. The number of rotatable bonds is 5. The summed E-state index contributed by atoms with van der Waals surface area (Å²) in [5.74, 6) is 1.36. The Morgan fingerprint density at radius 1 is 1.21 bits per heavy atom. The zero-order valence-electron chi connectivity index (χ0n) is 19.2. The summed E-state index contributed by atoms with van der Waals surface area (Å²) < 4.78 is 10.7. The van der Waals surface area contributed by atoms with Gasteiger partial charge in [-0.2, -0.15) is 0 Å². The third-order valence-corrected chi connectivity index (χ3v) is 5.71. The summed E-state index contributed by atoms with van der Waals surface area (Å²) in [4.78, 5) is 35.4. The molecule has 1 saturated heterocycles. The van der Waals surface area contributed by atoms with Crippen LogP contribution < -0.4 is 20.5 Å². The topological polar surface area (TPSA) is 118 Å². The molecule has 34 heavy (non-hydrogen) atoms. The maximum Gasteiger partial charge on any atom is 0.316 e. The molecule has 1 fully saturated rings. The molecule has 4 aromatic heterocycles. The van der Waals surface area contributed by atoms with Crippen LogP contribution in [-0.2, 0) is 4.74 Å². The first-order chi connectivity index (χ1) is 16.5. The van der Waals surface area contributed by atoms with Crippen molar-refractivity contribution in [2.45, 2.75) is 20.0 Å². The van der Waals surface area contributed by atoms with E-state index in [1.807, 2.05) is 25.1 Å². The van der Waals surface area contributed by atoms with Crippen LogP contribution in [0, 0.1) is 6.92 Å². The largest absolute Gasteiger partial charge is 0.467 e. The fourth-order valence-electron chi connectivity index (χ4n) is 4.12. The summed E-state index contributed by atoms with van der Waals surface area (Å²) in [6.45, 7) is 6.37. The van der Waals surface area contributed by atoms with Gasteiger partial charge in [-0.15, -0.1) is 0 Å². The predicted octanol–water partition coefficient (Wildman–Crippen LogP) is 3.06. The van der Waals surface area contributed by atoms with E-state index in [2.05, 4.69) is 32.1 Å². The highest BCUT2D eigenvalue weighted by Crippen LogP contribution is 2.29. The summed E-state index contributed by atoms with van der Waals surface area (Å²) in [5.41, 5.74) is 2.87. The molecule has 0 aromatic carbocycles. The van der Waals surface area contributed by atoms with Crippen LogP contribution in [0.4, 0.5) is 17.3 Å². The lowest BCUT2D eigenvalue weighted by molar-refractivity contribution is 0.0529. The van der Waals surface area contributed by atoms with E-state index in [0.717, 1.165) is 35.5 Å². The van der Waals surface area contributed by atoms with Gasteiger partial charge in [-0.1, -0.05) is 0 Å². The number of hydrogen-bond donors (Lipinski definition) is 2. The molecule has 1 atom stereocenters. The summed E-state index contributed by atoms with van der Waals surface area (Å²) in [6.07, 6.45) is 6.82. The number of ether oxygens (including phenoxy) is 2. The molecule has 0 unspecified atom stereocenters. The molecule has 0 radical (unpaired) electrons. The smallest absolute Gasteiger partial charge is 0.316 e. The van der Waals surface area contributed by atoms with Crippen molar-refractivity contribution in [3.63, 3.8) is 0 Å². The van der Waals surface area contributed by atoms with E-state index in [4.69, 9.17) is 19.4 Å².